The van der Waals surface area contributed by atoms with Gasteiger partial charge in [-0.2, -0.15) is 0 Å². The quantitative estimate of drug-likeness (QED) is 0.831. The number of halogens is 1. The first-order valence-corrected chi connectivity index (χ1v) is 6.80. The van der Waals surface area contributed by atoms with Crippen molar-refractivity contribution in [2.45, 2.75) is 24.8 Å². The summed E-state index contributed by atoms with van der Waals surface area (Å²) in [6.07, 6.45) is -1.09. The van der Waals surface area contributed by atoms with Crippen LogP contribution in [0.2, 0.25) is 5.02 Å². The Labute approximate surface area is 110 Å². The van der Waals surface area contributed by atoms with Crippen LogP contribution in [0.1, 0.15) is 25.5 Å². The lowest BCUT2D eigenvalue weighted by Gasteiger charge is -2.09. The summed E-state index contributed by atoms with van der Waals surface area (Å²) in [4.78, 5) is 12.2. The number of aliphatic hydroxyl groups is 1. The molecule has 1 heterocycles. The van der Waals surface area contributed by atoms with Crippen molar-refractivity contribution in [2.24, 2.45) is 5.92 Å². The van der Waals surface area contributed by atoms with Gasteiger partial charge in [0.15, 0.2) is 6.10 Å². The average Bonchev–Trinajstić information content (AvgIpc) is 2.52. The molecule has 0 spiro atoms. The number of hydrogen-bond donors (Lipinski definition) is 2. The van der Waals surface area contributed by atoms with E-state index in [1.807, 2.05) is 6.07 Å². The molecule has 1 amide bonds. The summed E-state index contributed by atoms with van der Waals surface area (Å²) in [5.74, 6) is 1.15. The summed E-state index contributed by atoms with van der Waals surface area (Å²) in [6, 6.07) is 3.50. The molecule has 1 aliphatic heterocycles. The Bertz CT molecular complexity index is 462. The molecule has 1 atom stereocenters. The molecule has 0 saturated carbocycles. The minimum absolute atomic E-state index is 0.387. The number of benzene rings is 1. The lowest BCUT2D eigenvalue weighted by Crippen LogP contribution is -2.10. The maximum atomic E-state index is 11.3. The molecule has 1 aromatic rings. The summed E-state index contributed by atoms with van der Waals surface area (Å²) in [7, 11) is 0. The SMILES string of the molecule is CC(C)CSc1cc2c(cc1Cl)C(O)C(=O)N2. The van der Waals surface area contributed by atoms with E-state index in [0.29, 0.717) is 22.2 Å². The van der Waals surface area contributed by atoms with Crippen LogP contribution in [0.3, 0.4) is 0 Å². The van der Waals surface area contributed by atoms with Gasteiger partial charge in [0.2, 0.25) is 0 Å². The van der Waals surface area contributed by atoms with Crippen LogP contribution in [-0.4, -0.2) is 16.8 Å². The van der Waals surface area contributed by atoms with Crippen LogP contribution in [0.15, 0.2) is 17.0 Å². The minimum Gasteiger partial charge on any atom is -0.378 e. The number of anilines is 1. The van der Waals surface area contributed by atoms with Crippen molar-refractivity contribution < 1.29 is 9.90 Å². The predicted molar refractivity (Wildman–Crippen MR) is 70.6 cm³/mol. The van der Waals surface area contributed by atoms with E-state index in [1.165, 1.54) is 0 Å². The van der Waals surface area contributed by atoms with Gasteiger partial charge in [-0.15, -0.1) is 11.8 Å². The van der Waals surface area contributed by atoms with Crippen LogP contribution >= 0.6 is 23.4 Å². The van der Waals surface area contributed by atoms with Crippen LogP contribution in [0.25, 0.3) is 0 Å². The van der Waals surface area contributed by atoms with Gasteiger partial charge in [-0.1, -0.05) is 25.4 Å². The van der Waals surface area contributed by atoms with Gasteiger partial charge in [-0.25, -0.2) is 0 Å². The number of fused-ring (bicyclic) bond motifs is 1. The molecule has 17 heavy (non-hydrogen) atoms. The highest BCUT2D eigenvalue weighted by Crippen LogP contribution is 2.39. The van der Waals surface area contributed by atoms with E-state index < -0.39 is 6.10 Å². The van der Waals surface area contributed by atoms with Gasteiger partial charge in [0.25, 0.3) is 5.91 Å². The fourth-order valence-corrected chi connectivity index (χ4v) is 2.86. The highest BCUT2D eigenvalue weighted by atomic mass is 35.5. The number of rotatable bonds is 3. The highest BCUT2D eigenvalue weighted by Gasteiger charge is 2.29. The number of aliphatic hydroxyl groups excluding tert-OH is 1. The molecule has 2 N–H and O–H groups in total. The fourth-order valence-electron chi connectivity index (χ4n) is 1.61. The molecule has 92 valence electrons. The van der Waals surface area contributed by atoms with Crippen LogP contribution in [0, 0.1) is 5.92 Å². The van der Waals surface area contributed by atoms with Crippen molar-refractivity contribution in [2.75, 3.05) is 11.1 Å². The molecule has 0 radical (unpaired) electrons. The van der Waals surface area contributed by atoms with E-state index in [4.69, 9.17) is 11.6 Å². The average molecular weight is 272 g/mol. The van der Waals surface area contributed by atoms with E-state index in [1.54, 1.807) is 17.8 Å². The van der Waals surface area contributed by atoms with Crippen molar-refractivity contribution in [3.8, 4) is 0 Å². The normalized spacial score (nSPS) is 18.4. The summed E-state index contributed by atoms with van der Waals surface area (Å²) >= 11 is 7.79. The topological polar surface area (TPSA) is 49.3 Å². The fraction of sp³-hybridized carbons (Fsp3) is 0.417. The Kier molecular flexibility index (Phi) is 3.66. The monoisotopic (exact) mass is 271 g/mol. The maximum Gasteiger partial charge on any atom is 0.257 e. The molecule has 0 fully saturated rings. The van der Waals surface area contributed by atoms with Crippen molar-refractivity contribution in [3.63, 3.8) is 0 Å². The number of carbonyl (C=O) groups excluding carboxylic acids is 1. The predicted octanol–water partition coefficient (Wildman–Crippen LogP) is 3.07. The molecule has 2 rings (SSSR count). The molecule has 0 bridgehead atoms. The molecular formula is C12H14ClNO2S. The Morgan fingerprint density at radius 3 is 2.88 bits per heavy atom. The number of thioether (sulfide) groups is 1. The summed E-state index contributed by atoms with van der Waals surface area (Å²) < 4.78 is 0. The smallest absolute Gasteiger partial charge is 0.257 e. The molecule has 5 heteroatoms. The molecule has 1 aromatic carbocycles. The lowest BCUT2D eigenvalue weighted by atomic mass is 10.1. The third kappa shape index (κ3) is 2.59. The molecule has 1 aliphatic rings. The highest BCUT2D eigenvalue weighted by molar-refractivity contribution is 7.99. The van der Waals surface area contributed by atoms with E-state index in [-0.39, 0.29) is 5.91 Å². The summed E-state index contributed by atoms with van der Waals surface area (Å²) in [6.45, 7) is 4.28. The van der Waals surface area contributed by atoms with Gasteiger partial charge in [-0.05, 0) is 18.1 Å². The summed E-state index contributed by atoms with van der Waals surface area (Å²) in [5.41, 5.74) is 1.23. The van der Waals surface area contributed by atoms with Gasteiger partial charge in [0, 0.05) is 21.9 Å². The first kappa shape index (κ1) is 12.7. The van der Waals surface area contributed by atoms with E-state index >= 15 is 0 Å². The first-order chi connectivity index (χ1) is 7.99. The number of amides is 1. The zero-order chi connectivity index (χ0) is 12.6. The van der Waals surface area contributed by atoms with Crippen molar-refractivity contribution in [1.82, 2.24) is 0 Å². The number of nitrogens with one attached hydrogen (secondary N) is 1. The first-order valence-electron chi connectivity index (χ1n) is 5.44. The second-order valence-electron chi connectivity index (χ2n) is 4.47. The standard InChI is InChI=1S/C12H14ClNO2S/c1-6(2)5-17-10-4-9-7(3-8(10)13)11(15)12(16)14-9/h3-4,6,11,15H,5H2,1-2H3,(H,14,16). The third-order valence-corrected chi connectivity index (χ3v) is 4.38. The van der Waals surface area contributed by atoms with Gasteiger partial charge in [0.1, 0.15) is 0 Å². The minimum atomic E-state index is -1.09. The zero-order valence-corrected chi connectivity index (χ0v) is 11.2. The zero-order valence-electron chi connectivity index (χ0n) is 9.66. The second-order valence-corrected chi connectivity index (χ2v) is 5.94. The van der Waals surface area contributed by atoms with E-state index in [0.717, 1.165) is 10.6 Å². The Morgan fingerprint density at radius 2 is 2.24 bits per heavy atom. The van der Waals surface area contributed by atoms with Crippen LogP contribution in [0.5, 0.6) is 0 Å². The van der Waals surface area contributed by atoms with E-state index in [2.05, 4.69) is 19.2 Å². The molecule has 0 aromatic heterocycles. The number of carbonyl (C=O) groups is 1. The molecule has 0 aliphatic carbocycles. The second kappa shape index (κ2) is 4.88. The Morgan fingerprint density at radius 1 is 1.53 bits per heavy atom. The Hall–Kier alpha value is -0.710. The molecule has 1 unspecified atom stereocenters. The van der Waals surface area contributed by atoms with Gasteiger partial charge < -0.3 is 10.4 Å². The molecular weight excluding hydrogens is 258 g/mol. The Balaban J connectivity index is 2.27. The van der Waals surface area contributed by atoms with Crippen molar-refractivity contribution in [3.05, 3.63) is 22.7 Å². The number of hydrogen-bond acceptors (Lipinski definition) is 3. The summed E-state index contributed by atoms with van der Waals surface area (Å²) in [5, 5.41) is 12.8. The van der Waals surface area contributed by atoms with Gasteiger partial charge >= 0.3 is 0 Å². The van der Waals surface area contributed by atoms with Gasteiger partial charge in [0.05, 0.1) is 5.02 Å². The van der Waals surface area contributed by atoms with Gasteiger partial charge in [-0.3, -0.25) is 4.79 Å². The van der Waals surface area contributed by atoms with Crippen LogP contribution in [-0.2, 0) is 4.79 Å². The largest absolute Gasteiger partial charge is 0.378 e. The maximum absolute atomic E-state index is 11.3. The van der Waals surface area contributed by atoms with E-state index in [9.17, 15) is 9.90 Å². The van der Waals surface area contributed by atoms with Crippen LogP contribution < -0.4 is 5.32 Å². The third-order valence-electron chi connectivity index (χ3n) is 2.48. The molecule has 0 saturated heterocycles. The van der Waals surface area contributed by atoms with Crippen molar-refractivity contribution in [1.29, 1.82) is 0 Å². The molecule has 3 nitrogen and oxygen atoms in total. The lowest BCUT2D eigenvalue weighted by molar-refractivity contribution is -0.123. The van der Waals surface area contributed by atoms with Crippen LogP contribution in [0.4, 0.5) is 5.69 Å². The van der Waals surface area contributed by atoms with Crippen molar-refractivity contribution >= 4 is 35.0 Å².